The minimum absolute atomic E-state index is 0.328. The smallest absolute Gasteiger partial charge is 0.408 e. The Labute approximate surface area is 152 Å². The average Bonchev–Trinajstić information content (AvgIpc) is 2.89. The molecule has 7 nitrogen and oxygen atoms in total. The molecule has 2 rings (SSSR count). The monoisotopic (exact) mass is 382 g/mol. The van der Waals surface area contributed by atoms with E-state index in [-0.39, 0.29) is 5.75 Å². The van der Waals surface area contributed by atoms with E-state index in [9.17, 15) is 13.0 Å². The number of hydrogen-bond donors (Lipinski definition) is 0. The number of rotatable bonds is 8. The van der Waals surface area contributed by atoms with Crippen molar-refractivity contribution in [2.75, 3.05) is 24.7 Å². The lowest BCUT2D eigenvalue weighted by molar-refractivity contribution is -0.680. The van der Waals surface area contributed by atoms with E-state index < -0.39 is 10.1 Å². The fraction of sp³-hybridized carbons (Fsp3) is 0.438. The zero-order valence-corrected chi connectivity index (χ0v) is 16.2. The Kier molecular flexibility index (Phi) is 6.63. The van der Waals surface area contributed by atoms with Gasteiger partial charge < -0.3 is 9.45 Å². The van der Waals surface area contributed by atoms with E-state index in [4.69, 9.17) is 0 Å². The number of aryl methyl sites for hydroxylation is 2. The first-order chi connectivity index (χ1) is 11.7. The van der Waals surface area contributed by atoms with Crippen LogP contribution in [0.3, 0.4) is 0 Å². The lowest BCUT2D eigenvalue weighted by atomic mass is 10.3. The third-order valence-corrected chi connectivity index (χ3v) is 5.21. The van der Waals surface area contributed by atoms with Gasteiger partial charge in [0.25, 0.3) is 0 Å². The molecule has 0 N–H and O–H groups in total. The maximum absolute atomic E-state index is 10.6. The van der Waals surface area contributed by atoms with Gasteiger partial charge in [0.15, 0.2) is 0 Å². The van der Waals surface area contributed by atoms with Crippen molar-refractivity contribution in [3.05, 3.63) is 35.3 Å². The molecule has 0 fully saturated rings. The average molecular weight is 383 g/mol. The van der Waals surface area contributed by atoms with Crippen molar-refractivity contribution >= 4 is 38.0 Å². The number of azo groups is 1. The van der Waals surface area contributed by atoms with Crippen LogP contribution in [-0.2, 0) is 16.7 Å². The summed E-state index contributed by atoms with van der Waals surface area (Å²) in [5.41, 5.74) is 1.86. The summed E-state index contributed by atoms with van der Waals surface area (Å²) in [5.74, 6) is -0.328. The second-order valence-corrected chi connectivity index (χ2v) is 8.63. The molecule has 0 saturated carbocycles. The van der Waals surface area contributed by atoms with Crippen LogP contribution in [0, 0.1) is 6.92 Å². The Hall–Kier alpha value is -1.84. The largest absolute Gasteiger partial charge is 0.748 e. The number of nitrogens with zero attached hydrogens (tertiary/aromatic N) is 4. The SMILES string of the molecule is Cc1c[n+](CCCCS(=O)(=O)[O-])c(/N=N/c2ccc(N(C)C)cc2)s1. The van der Waals surface area contributed by atoms with Crippen LogP contribution in [0.2, 0.25) is 0 Å². The molecule has 136 valence electrons. The molecule has 9 heteroatoms. The Morgan fingerprint density at radius 3 is 2.44 bits per heavy atom. The van der Waals surface area contributed by atoms with Crippen molar-refractivity contribution in [1.82, 2.24) is 0 Å². The van der Waals surface area contributed by atoms with Gasteiger partial charge in [0.1, 0.15) is 11.9 Å². The van der Waals surface area contributed by atoms with Crippen molar-refractivity contribution < 1.29 is 17.5 Å². The third kappa shape index (κ3) is 6.52. The first-order valence-electron chi connectivity index (χ1n) is 7.87. The second kappa shape index (κ2) is 8.50. The maximum Gasteiger partial charge on any atom is 0.408 e. The topological polar surface area (TPSA) is 89.0 Å². The molecular formula is C16H22N4O3S2. The number of hydrogen-bond acceptors (Lipinski definition) is 7. The third-order valence-electron chi connectivity index (χ3n) is 3.50. The number of unbranched alkanes of at least 4 members (excludes halogenated alkanes) is 1. The molecule has 0 atom stereocenters. The number of anilines is 1. The summed E-state index contributed by atoms with van der Waals surface area (Å²) < 4.78 is 33.9. The minimum atomic E-state index is -4.14. The van der Waals surface area contributed by atoms with Crippen LogP contribution in [-0.4, -0.2) is 32.8 Å². The zero-order chi connectivity index (χ0) is 18.4. The summed E-state index contributed by atoms with van der Waals surface area (Å²) in [4.78, 5) is 3.10. The van der Waals surface area contributed by atoms with Gasteiger partial charge in [0.2, 0.25) is 0 Å². The zero-order valence-electron chi connectivity index (χ0n) is 14.5. The standard InChI is InChI=1S/C16H22N4O3S2/c1-13-12-20(10-4-5-11-25(21,22)23)16(24-13)18-17-14-6-8-15(9-7-14)19(2)3/h6-9,12H,4-5,10-11H2,1-3H3. The van der Waals surface area contributed by atoms with Crippen molar-refractivity contribution in [2.24, 2.45) is 10.2 Å². The summed E-state index contributed by atoms with van der Waals surface area (Å²) >= 11 is 1.52. The number of aromatic nitrogens is 1. The van der Waals surface area contributed by atoms with Gasteiger partial charge in [-0.2, -0.15) is 0 Å². The van der Waals surface area contributed by atoms with Crippen LogP contribution < -0.4 is 9.47 Å². The maximum atomic E-state index is 10.6. The highest BCUT2D eigenvalue weighted by Gasteiger charge is 2.14. The molecule has 25 heavy (non-hydrogen) atoms. The number of thiazole rings is 1. The summed E-state index contributed by atoms with van der Waals surface area (Å²) in [6.07, 6.45) is 2.90. The Morgan fingerprint density at radius 2 is 1.84 bits per heavy atom. The molecule has 0 bridgehead atoms. The van der Waals surface area contributed by atoms with E-state index in [2.05, 4.69) is 10.2 Å². The van der Waals surface area contributed by atoms with E-state index in [1.54, 1.807) is 0 Å². The van der Waals surface area contributed by atoms with Gasteiger partial charge in [-0.3, -0.25) is 0 Å². The van der Waals surface area contributed by atoms with Gasteiger partial charge in [-0.05, 0) is 60.5 Å². The Balaban J connectivity index is 2.01. The quantitative estimate of drug-likeness (QED) is 0.304. The van der Waals surface area contributed by atoms with Gasteiger partial charge in [0.05, 0.1) is 21.8 Å². The van der Waals surface area contributed by atoms with Crippen molar-refractivity contribution in [3.8, 4) is 0 Å². The fourth-order valence-electron chi connectivity index (χ4n) is 2.22. The molecule has 0 radical (unpaired) electrons. The molecule has 1 aromatic carbocycles. The predicted molar refractivity (Wildman–Crippen MR) is 98.0 cm³/mol. The summed E-state index contributed by atoms with van der Waals surface area (Å²) in [6, 6.07) is 7.77. The highest BCUT2D eigenvalue weighted by atomic mass is 32.2. The van der Waals surface area contributed by atoms with Gasteiger partial charge in [0, 0.05) is 30.4 Å². The van der Waals surface area contributed by atoms with Crippen LogP contribution in [0.25, 0.3) is 0 Å². The first-order valence-corrected chi connectivity index (χ1v) is 10.3. The molecular weight excluding hydrogens is 360 g/mol. The van der Waals surface area contributed by atoms with Crippen molar-refractivity contribution in [2.45, 2.75) is 26.3 Å². The minimum Gasteiger partial charge on any atom is -0.748 e. The molecule has 0 amide bonds. The molecule has 0 aliphatic carbocycles. The molecule has 0 aliphatic heterocycles. The van der Waals surface area contributed by atoms with E-state index in [1.807, 2.05) is 60.9 Å². The van der Waals surface area contributed by atoms with Gasteiger partial charge >= 0.3 is 5.13 Å². The van der Waals surface area contributed by atoms with E-state index in [0.717, 1.165) is 21.4 Å². The lowest BCUT2D eigenvalue weighted by Crippen LogP contribution is -2.31. The summed E-state index contributed by atoms with van der Waals surface area (Å²) in [7, 11) is -0.185. The van der Waals surface area contributed by atoms with E-state index >= 15 is 0 Å². The van der Waals surface area contributed by atoms with E-state index in [1.165, 1.54) is 11.3 Å². The molecule has 1 heterocycles. The lowest BCUT2D eigenvalue weighted by Gasteiger charge is -2.11. The highest BCUT2D eigenvalue weighted by molar-refractivity contribution is 7.85. The predicted octanol–water partition coefficient (Wildman–Crippen LogP) is 3.15. The van der Waals surface area contributed by atoms with Gasteiger partial charge in [-0.25, -0.2) is 13.0 Å². The first kappa shape index (κ1) is 19.5. The van der Waals surface area contributed by atoms with Gasteiger partial charge in [-0.1, -0.05) is 0 Å². The molecule has 0 unspecified atom stereocenters. The molecule has 0 spiro atoms. The normalized spacial score (nSPS) is 12.0. The summed E-state index contributed by atoms with van der Waals surface area (Å²) in [5, 5.41) is 9.33. The highest BCUT2D eigenvalue weighted by Crippen LogP contribution is 2.23. The second-order valence-electron chi connectivity index (χ2n) is 5.90. The Morgan fingerprint density at radius 1 is 1.16 bits per heavy atom. The van der Waals surface area contributed by atoms with Crippen LogP contribution in [0.15, 0.2) is 40.7 Å². The molecule has 0 saturated heterocycles. The Bertz CT molecular complexity index is 828. The van der Waals surface area contributed by atoms with E-state index in [0.29, 0.717) is 19.4 Å². The molecule has 2 aromatic rings. The van der Waals surface area contributed by atoms with Crippen LogP contribution in [0.4, 0.5) is 16.5 Å². The van der Waals surface area contributed by atoms with Crippen molar-refractivity contribution in [3.63, 3.8) is 0 Å². The van der Waals surface area contributed by atoms with Gasteiger partial charge in [-0.15, -0.1) is 0 Å². The number of benzene rings is 1. The van der Waals surface area contributed by atoms with Crippen molar-refractivity contribution in [1.29, 1.82) is 0 Å². The van der Waals surface area contributed by atoms with Crippen LogP contribution in [0.1, 0.15) is 17.7 Å². The summed E-state index contributed by atoms with van der Waals surface area (Å²) in [6.45, 7) is 2.59. The fourth-order valence-corrected chi connectivity index (χ4v) is 3.59. The van der Waals surface area contributed by atoms with Crippen LogP contribution >= 0.6 is 11.3 Å². The van der Waals surface area contributed by atoms with Crippen LogP contribution in [0.5, 0.6) is 0 Å². The molecule has 1 aromatic heterocycles. The molecule has 0 aliphatic rings.